The third-order valence-corrected chi connectivity index (χ3v) is 3.43. The molecule has 1 aromatic heterocycles. The molecule has 0 unspecified atom stereocenters. The Bertz CT molecular complexity index is 523. The molecule has 72 valence electrons. The number of halogens is 1. The molecule has 1 aromatic carbocycles. The van der Waals surface area contributed by atoms with E-state index in [2.05, 4.69) is 20.9 Å². The van der Waals surface area contributed by atoms with Gasteiger partial charge in [-0.15, -0.1) is 11.3 Å². The fourth-order valence-electron chi connectivity index (χ4n) is 1.29. The number of hydrogen-bond acceptors (Lipinski definition) is 4. The number of aryl methyl sites for hydroxylation is 1. The van der Waals surface area contributed by atoms with E-state index in [9.17, 15) is 10.1 Å². The van der Waals surface area contributed by atoms with Gasteiger partial charge in [-0.1, -0.05) is 0 Å². The fourth-order valence-corrected chi connectivity index (χ4v) is 2.74. The lowest BCUT2D eigenvalue weighted by Crippen LogP contribution is -1.91. The second-order valence-electron chi connectivity index (χ2n) is 2.78. The molecule has 2 rings (SSSR count). The molecule has 0 aliphatic heterocycles. The molecule has 0 amide bonds. The van der Waals surface area contributed by atoms with Gasteiger partial charge in [-0.2, -0.15) is 0 Å². The smallest absolute Gasteiger partial charge is 0.258 e. The number of nitro benzene ring substituents is 1. The highest BCUT2D eigenvalue weighted by Crippen LogP contribution is 2.32. The highest BCUT2D eigenvalue weighted by molar-refractivity contribution is 9.11. The van der Waals surface area contributed by atoms with Crippen LogP contribution in [0.1, 0.15) is 5.56 Å². The van der Waals surface area contributed by atoms with Crippen molar-refractivity contribution in [1.29, 1.82) is 0 Å². The second kappa shape index (κ2) is 3.29. The van der Waals surface area contributed by atoms with Crippen LogP contribution in [-0.4, -0.2) is 9.91 Å². The van der Waals surface area contributed by atoms with Crippen molar-refractivity contribution in [1.82, 2.24) is 4.98 Å². The first-order valence-electron chi connectivity index (χ1n) is 3.79. The van der Waals surface area contributed by atoms with Crippen LogP contribution in [0.2, 0.25) is 0 Å². The number of hydrogen-bond donors (Lipinski definition) is 0. The number of rotatable bonds is 1. The van der Waals surface area contributed by atoms with Gasteiger partial charge in [-0.05, 0) is 28.9 Å². The summed E-state index contributed by atoms with van der Waals surface area (Å²) in [5, 5.41) is 10.6. The molecule has 0 bridgehead atoms. The van der Waals surface area contributed by atoms with Crippen molar-refractivity contribution >= 4 is 43.2 Å². The average molecular weight is 273 g/mol. The van der Waals surface area contributed by atoms with Gasteiger partial charge in [0.15, 0.2) is 3.92 Å². The maximum Gasteiger partial charge on any atom is 0.274 e. The fraction of sp³-hybridized carbons (Fsp3) is 0.125. The number of fused-ring (bicyclic) bond motifs is 1. The van der Waals surface area contributed by atoms with E-state index in [0.29, 0.717) is 11.1 Å². The molecule has 14 heavy (non-hydrogen) atoms. The molecule has 0 atom stereocenters. The lowest BCUT2D eigenvalue weighted by atomic mass is 10.2. The lowest BCUT2D eigenvalue weighted by molar-refractivity contribution is -0.385. The molecule has 1 heterocycles. The Morgan fingerprint density at radius 2 is 2.29 bits per heavy atom. The third kappa shape index (κ3) is 1.40. The minimum Gasteiger partial charge on any atom is -0.258 e. The summed E-state index contributed by atoms with van der Waals surface area (Å²) >= 11 is 4.73. The molecule has 0 radical (unpaired) electrons. The van der Waals surface area contributed by atoms with E-state index in [1.165, 1.54) is 17.4 Å². The molecule has 0 saturated carbocycles. The van der Waals surface area contributed by atoms with Gasteiger partial charge >= 0.3 is 0 Å². The number of nitro groups is 1. The Labute approximate surface area is 91.9 Å². The molecule has 0 saturated heterocycles. The summed E-state index contributed by atoms with van der Waals surface area (Å²) in [6.45, 7) is 1.71. The van der Waals surface area contributed by atoms with E-state index >= 15 is 0 Å². The van der Waals surface area contributed by atoms with Crippen LogP contribution in [0.3, 0.4) is 0 Å². The van der Waals surface area contributed by atoms with Crippen LogP contribution < -0.4 is 0 Å². The zero-order valence-corrected chi connectivity index (χ0v) is 9.55. The van der Waals surface area contributed by atoms with Crippen molar-refractivity contribution in [3.8, 4) is 0 Å². The molecular weight excluding hydrogens is 268 g/mol. The molecule has 0 aliphatic carbocycles. The van der Waals surface area contributed by atoms with Crippen molar-refractivity contribution in [2.24, 2.45) is 0 Å². The number of aromatic nitrogens is 1. The minimum absolute atomic E-state index is 0.121. The Morgan fingerprint density at radius 3 is 2.93 bits per heavy atom. The Balaban J connectivity index is 2.80. The topological polar surface area (TPSA) is 56.0 Å². The summed E-state index contributed by atoms with van der Waals surface area (Å²) in [5.74, 6) is 0. The van der Waals surface area contributed by atoms with Gasteiger partial charge in [-0.25, -0.2) is 4.98 Å². The van der Waals surface area contributed by atoms with Crippen LogP contribution >= 0.6 is 27.3 Å². The number of thiazole rings is 1. The van der Waals surface area contributed by atoms with Crippen LogP contribution in [0.4, 0.5) is 5.69 Å². The Morgan fingerprint density at radius 1 is 1.57 bits per heavy atom. The first kappa shape index (κ1) is 9.54. The van der Waals surface area contributed by atoms with Gasteiger partial charge < -0.3 is 0 Å². The summed E-state index contributed by atoms with van der Waals surface area (Å²) in [7, 11) is 0. The standard InChI is InChI=1S/C8H5BrN2O2S/c1-4-5(11(12)13)2-3-6-7(4)10-8(9)14-6/h2-3H,1H3. The number of nitrogens with zero attached hydrogens (tertiary/aromatic N) is 2. The first-order valence-corrected chi connectivity index (χ1v) is 5.40. The predicted molar refractivity (Wildman–Crippen MR) is 58.7 cm³/mol. The van der Waals surface area contributed by atoms with Gasteiger partial charge in [0, 0.05) is 6.07 Å². The SMILES string of the molecule is Cc1c([N+](=O)[O-])ccc2sc(Br)nc12. The third-order valence-electron chi connectivity index (χ3n) is 1.96. The van der Waals surface area contributed by atoms with Gasteiger partial charge in [0.2, 0.25) is 0 Å². The second-order valence-corrected chi connectivity index (χ2v) is 5.09. The van der Waals surface area contributed by atoms with E-state index in [4.69, 9.17) is 0 Å². The summed E-state index contributed by atoms with van der Waals surface area (Å²) < 4.78 is 1.70. The van der Waals surface area contributed by atoms with Gasteiger partial charge in [0.05, 0.1) is 20.7 Å². The molecule has 4 nitrogen and oxygen atoms in total. The maximum absolute atomic E-state index is 10.6. The first-order chi connectivity index (χ1) is 6.59. The summed E-state index contributed by atoms with van der Waals surface area (Å²) in [5.41, 5.74) is 1.45. The van der Waals surface area contributed by atoms with E-state index < -0.39 is 0 Å². The minimum atomic E-state index is -0.387. The van der Waals surface area contributed by atoms with Gasteiger partial charge in [0.1, 0.15) is 0 Å². The van der Waals surface area contributed by atoms with E-state index in [1.807, 2.05) is 0 Å². The quantitative estimate of drug-likeness (QED) is 0.591. The molecule has 2 aromatic rings. The van der Waals surface area contributed by atoms with Crippen molar-refractivity contribution in [3.63, 3.8) is 0 Å². The van der Waals surface area contributed by atoms with Crippen LogP contribution in [-0.2, 0) is 0 Å². The van der Waals surface area contributed by atoms with E-state index in [-0.39, 0.29) is 10.6 Å². The Kier molecular flexibility index (Phi) is 2.24. The summed E-state index contributed by atoms with van der Waals surface area (Å²) in [6.07, 6.45) is 0. The van der Waals surface area contributed by atoms with E-state index in [0.717, 1.165) is 8.62 Å². The predicted octanol–water partition coefficient (Wildman–Crippen LogP) is 3.28. The molecule has 0 N–H and O–H groups in total. The molecular formula is C8H5BrN2O2S. The molecule has 0 spiro atoms. The largest absolute Gasteiger partial charge is 0.274 e. The van der Waals surface area contributed by atoms with Crippen LogP contribution in [0.5, 0.6) is 0 Å². The molecule has 0 fully saturated rings. The van der Waals surface area contributed by atoms with Crippen LogP contribution in [0, 0.1) is 17.0 Å². The van der Waals surface area contributed by atoms with Gasteiger partial charge in [-0.3, -0.25) is 10.1 Å². The van der Waals surface area contributed by atoms with Crippen LogP contribution in [0.15, 0.2) is 16.0 Å². The summed E-state index contributed by atoms with van der Waals surface area (Å²) in [6, 6.07) is 3.24. The van der Waals surface area contributed by atoms with Crippen molar-refractivity contribution in [2.75, 3.05) is 0 Å². The highest BCUT2D eigenvalue weighted by Gasteiger charge is 2.15. The van der Waals surface area contributed by atoms with Gasteiger partial charge in [0.25, 0.3) is 5.69 Å². The monoisotopic (exact) mass is 272 g/mol. The van der Waals surface area contributed by atoms with Crippen molar-refractivity contribution < 1.29 is 4.92 Å². The highest BCUT2D eigenvalue weighted by atomic mass is 79.9. The van der Waals surface area contributed by atoms with Crippen molar-refractivity contribution in [3.05, 3.63) is 31.7 Å². The molecule has 0 aliphatic rings. The average Bonchev–Trinajstić information content (AvgIpc) is 2.46. The zero-order chi connectivity index (χ0) is 10.3. The number of benzene rings is 1. The lowest BCUT2D eigenvalue weighted by Gasteiger charge is -1.96. The summed E-state index contributed by atoms with van der Waals surface area (Å²) in [4.78, 5) is 14.4. The molecule has 6 heteroatoms. The Hall–Kier alpha value is -1.01. The van der Waals surface area contributed by atoms with E-state index in [1.54, 1.807) is 13.0 Å². The maximum atomic E-state index is 10.6. The van der Waals surface area contributed by atoms with Crippen molar-refractivity contribution in [2.45, 2.75) is 6.92 Å². The normalized spacial score (nSPS) is 10.7. The zero-order valence-electron chi connectivity index (χ0n) is 7.15. The van der Waals surface area contributed by atoms with Crippen LogP contribution in [0.25, 0.3) is 10.2 Å².